The Kier molecular flexibility index (Phi) is 2.70. The molecule has 2 aliphatic carbocycles. The number of carbonyl (C=O) groups is 1. The van der Waals surface area contributed by atoms with Gasteiger partial charge in [-0.05, 0) is 49.8 Å². The van der Waals surface area contributed by atoms with Gasteiger partial charge in [-0.1, -0.05) is 11.3 Å². The van der Waals surface area contributed by atoms with Gasteiger partial charge in [-0.15, -0.1) is 0 Å². The van der Waals surface area contributed by atoms with E-state index in [1.54, 1.807) is 0 Å². The number of carbonyl (C=O) groups excluding carboxylic acids is 1. The molecule has 2 saturated carbocycles. The van der Waals surface area contributed by atoms with Gasteiger partial charge < -0.3 is 10.6 Å². The third kappa shape index (κ3) is 2.26. The van der Waals surface area contributed by atoms with Gasteiger partial charge in [0.15, 0.2) is 5.13 Å². The first-order chi connectivity index (χ1) is 9.70. The van der Waals surface area contributed by atoms with Crippen molar-refractivity contribution in [2.75, 3.05) is 12.3 Å². The SMILES string of the molecule is Nc1nc2ccc(C(=O)N(CC3CC3)C3CC3)cc2s1. The van der Waals surface area contributed by atoms with E-state index in [0.29, 0.717) is 11.2 Å². The molecule has 2 fully saturated rings. The molecule has 0 saturated heterocycles. The van der Waals surface area contributed by atoms with Crippen molar-refractivity contribution >= 4 is 32.6 Å². The van der Waals surface area contributed by atoms with E-state index in [1.165, 1.54) is 24.2 Å². The number of rotatable bonds is 4. The average molecular weight is 287 g/mol. The van der Waals surface area contributed by atoms with Gasteiger partial charge in [0, 0.05) is 18.2 Å². The van der Waals surface area contributed by atoms with Gasteiger partial charge in [0.2, 0.25) is 0 Å². The van der Waals surface area contributed by atoms with Gasteiger partial charge in [0.1, 0.15) is 0 Å². The average Bonchev–Trinajstić information content (AvgIpc) is 3.31. The van der Waals surface area contributed by atoms with Crippen LogP contribution in [0, 0.1) is 5.92 Å². The van der Waals surface area contributed by atoms with Crippen LogP contribution in [0.25, 0.3) is 10.2 Å². The van der Waals surface area contributed by atoms with Crippen molar-refractivity contribution in [3.63, 3.8) is 0 Å². The summed E-state index contributed by atoms with van der Waals surface area (Å²) in [6.45, 7) is 0.937. The van der Waals surface area contributed by atoms with Crippen LogP contribution >= 0.6 is 11.3 Å². The van der Waals surface area contributed by atoms with Crippen molar-refractivity contribution in [2.24, 2.45) is 5.92 Å². The minimum Gasteiger partial charge on any atom is -0.375 e. The molecule has 0 bridgehead atoms. The fourth-order valence-electron chi connectivity index (χ4n) is 2.60. The lowest BCUT2D eigenvalue weighted by atomic mass is 10.1. The summed E-state index contributed by atoms with van der Waals surface area (Å²) in [7, 11) is 0. The van der Waals surface area contributed by atoms with E-state index >= 15 is 0 Å². The molecule has 1 aromatic heterocycles. The monoisotopic (exact) mass is 287 g/mol. The minimum atomic E-state index is 0.174. The zero-order chi connectivity index (χ0) is 13.7. The van der Waals surface area contributed by atoms with Crippen molar-refractivity contribution in [3.05, 3.63) is 23.8 Å². The number of nitrogens with two attached hydrogens (primary N) is 1. The predicted molar refractivity (Wildman–Crippen MR) is 80.8 cm³/mol. The lowest BCUT2D eigenvalue weighted by molar-refractivity contribution is 0.0735. The Balaban J connectivity index is 1.63. The number of fused-ring (bicyclic) bond motifs is 1. The molecule has 2 aliphatic rings. The van der Waals surface area contributed by atoms with Gasteiger partial charge in [0.05, 0.1) is 10.2 Å². The fourth-order valence-corrected chi connectivity index (χ4v) is 3.38. The second-order valence-electron chi connectivity index (χ2n) is 5.87. The van der Waals surface area contributed by atoms with Crippen LogP contribution in [-0.4, -0.2) is 28.4 Å². The molecule has 0 aliphatic heterocycles. The van der Waals surface area contributed by atoms with Crippen molar-refractivity contribution in [1.82, 2.24) is 9.88 Å². The molecule has 1 aromatic carbocycles. The Morgan fingerprint density at radius 3 is 2.85 bits per heavy atom. The topological polar surface area (TPSA) is 59.2 Å². The molecule has 2 aromatic rings. The third-order valence-electron chi connectivity index (χ3n) is 4.05. The van der Waals surface area contributed by atoms with Gasteiger partial charge in [-0.3, -0.25) is 4.79 Å². The maximum Gasteiger partial charge on any atom is 0.254 e. The number of anilines is 1. The number of aromatic nitrogens is 1. The molecule has 0 atom stereocenters. The van der Waals surface area contributed by atoms with E-state index in [0.717, 1.165) is 41.1 Å². The van der Waals surface area contributed by atoms with Crippen molar-refractivity contribution in [1.29, 1.82) is 0 Å². The van der Waals surface area contributed by atoms with Gasteiger partial charge in [-0.25, -0.2) is 4.98 Å². The Bertz CT molecular complexity index is 673. The molecule has 20 heavy (non-hydrogen) atoms. The molecule has 4 nitrogen and oxygen atoms in total. The van der Waals surface area contributed by atoms with E-state index in [1.807, 2.05) is 18.2 Å². The van der Waals surface area contributed by atoms with Gasteiger partial charge in [0.25, 0.3) is 5.91 Å². The van der Waals surface area contributed by atoms with Crippen molar-refractivity contribution in [3.8, 4) is 0 Å². The van der Waals surface area contributed by atoms with Crippen molar-refractivity contribution < 1.29 is 4.79 Å². The molecule has 0 unspecified atom stereocenters. The van der Waals surface area contributed by atoms with E-state index in [2.05, 4.69) is 9.88 Å². The van der Waals surface area contributed by atoms with Crippen LogP contribution in [0.15, 0.2) is 18.2 Å². The fraction of sp³-hybridized carbons (Fsp3) is 0.467. The summed E-state index contributed by atoms with van der Waals surface area (Å²) in [5.74, 6) is 0.913. The van der Waals surface area contributed by atoms with Crippen LogP contribution in [0.4, 0.5) is 5.13 Å². The first-order valence-electron chi connectivity index (χ1n) is 7.18. The van der Waals surface area contributed by atoms with Gasteiger partial charge in [-0.2, -0.15) is 0 Å². The van der Waals surface area contributed by atoms with Crippen LogP contribution in [-0.2, 0) is 0 Å². The van der Waals surface area contributed by atoms with Gasteiger partial charge >= 0.3 is 0 Å². The molecule has 0 radical (unpaired) electrons. The number of nitrogens with zero attached hydrogens (tertiary/aromatic N) is 2. The second-order valence-corrected chi connectivity index (χ2v) is 6.93. The summed E-state index contributed by atoms with van der Waals surface area (Å²) in [6.07, 6.45) is 4.88. The Morgan fingerprint density at radius 1 is 1.35 bits per heavy atom. The normalized spacial score (nSPS) is 18.4. The van der Waals surface area contributed by atoms with E-state index < -0.39 is 0 Å². The van der Waals surface area contributed by atoms with Crippen LogP contribution in [0.1, 0.15) is 36.0 Å². The highest BCUT2D eigenvalue weighted by molar-refractivity contribution is 7.22. The number of hydrogen-bond acceptors (Lipinski definition) is 4. The molecule has 4 rings (SSSR count). The highest BCUT2D eigenvalue weighted by Crippen LogP contribution is 2.36. The predicted octanol–water partition coefficient (Wildman–Crippen LogP) is 2.89. The van der Waals surface area contributed by atoms with E-state index in [4.69, 9.17) is 5.73 Å². The molecule has 0 spiro atoms. The molecular formula is C15H17N3OS. The van der Waals surface area contributed by atoms with Crippen molar-refractivity contribution in [2.45, 2.75) is 31.7 Å². The number of thiazole rings is 1. The lowest BCUT2D eigenvalue weighted by Crippen LogP contribution is -2.34. The summed E-state index contributed by atoms with van der Waals surface area (Å²) in [5, 5.41) is 0.557. The molecule has 1 heterocycles. The molecular weight excluding hydrogens is 270 g/mol. The minimum absolute atomic E-state index is 0.174. The lowest BCUT2D eigenvalue weighted by Gasteiger charge is -2.22. The molecule has 5 heteroatoms. The number of amides is 1. The zero-order valence-electron chi connectivity index (χ0n) is 11.2. The second kappa shape index (κ2) is 4.45. The quantitative estimate of drug-likeness (QED) is 0.940. The maximum absolute atomic E-state index is 12.7. The maximum atomic E-state index is 12.7. The molecule has 104 valence electrons. The standard InChI is InChI=1S/C15H17N3OS/c16-15-17-12-6-3-10(7-13(12)20-15)14(19)18(11-4-5-11)8-9-1-2-9/h3,6-7,9,11H,1-2,4-5,8H2,(H2,16,17). The zero-order valence-corrected chi connectivity index (χ0v) is 12.0. The Morgan fingerprint density at radius 2 is 2.15 bits per heavy atom. The van der Waals surface area contributed by atoms with Crippen LogP contribution in [0.5, 0.6) is 0 Å². The number of nitrogen functional groups attached to an aromatic ring is 1. The Hall–Kier alpha value is -1.62. The third-order valence-corrected chi connectivity index (χ3v) is 4.90. The summed E-state index contributed by atoms with van der Waals surface area (Å²) < 4.78 is 0.996. The first-order valence-corrected chi connectivity index (χ1v) is 7.99. The van der Waals surface area contributed by atoms with Crippen LogP contribution in [0.3, 0.4) is 0 Å². The Labute approximate surface area is 121 Å². The molecule has 1 amide bonds. The smallest absolute Gasteiger partial charge is 0.254 e. The summed E-state index contributed by atoms with van der Waals surface area (Å²) in [5.41, 5.74) is 7.37. The highest BCUT2D eigenvalue weighted by atomic mass is 32.1. The first kappa shape index (κ1) is 12.1. The van der Waals surface area contributed by atoms with Crippen LogP contribution < -0.4 is 5.73 Å². The summed E-state index contributed by atoms with van der Waals surface area (Å²) in [6, 6.07) is 6.20. The molecule has 2 N–H and O–H groups in total. The van der Waals surface area contributed by atoms with E-state index in [-0.39, 0.29) is 5.91 Å². The van der Waals surface area contributed by atoms with E-state index in [9.17, 15) is 4.79 Å². The highest BCUT2D eigenvalue weighted by Gasteiger charge is 2.36. The summed E-state index contributed by atoms with van der Waals surface area (Å²) >= 11 is 1.44. The number of hydrogen-bond donors (Lipinski definition) is 1. The summed E-state index contributed by atoms with van der Waals surface area (Å²) in [4.78, 5) is 19.0. The number of benzene rings is 1. The van der Waals surface area contributed by atoms with Crippen LogP contribution in [0.2, 0.25) is 0 Å². The largest absolute Gasteiger partial charge is 0.375 e.